The van der Waals surface area contributed by atoms with Gasteiger partial charge >= 0.3 is 0 Å². The molecule has 0 amide bonds. The van der Waals surface area contributed by atoms with Gasteiger partial charge in [-0.2, -0.15) is 0 Å². The van der Waals surface area contributed by atoms with Crippen molar-refractivity contribution in [3.63, 3.8) is 0 Å². The molecule has 2 aliphatic rings. The largest absolute Gasteiger partial charge is 0.396 e. The Bertz CT molecular complexity index is 200. The number of allylic oxidation sites excluding steroid dienone is 2. The molecule has 2 rings (SSSR count). The summed E-state index contributed by atoms with van der Waals surface area (Å²) in [4.78, 5) is 0. The van der Waals surface area contributed by atoms with Crippen molar-refractivity contribution in [2.45, 2.75) is 25.4 Å². The fourth-order valence-corrected chi connectivity index (χ4v) is 2.96. The van der Waals surface area contributed by atoms with Crippen LogP contribution < -0.4 is 0 Å². The standard InChI is InChI=1S/C11H18O2/c1-13-11-6-8-4-2-3-5-9(8)10(11)7-12/h2-3,8-12H,4-7H2,1H3/t8-,9+,10-,11+/m0/s1. The van der Waals surface area contributed by atoms with Crippen LogP contribution in [-0.4, -0.2) is 24.9 Å². The van der Waals surface area contributed by atoms with Crippen molar-refractivity contribution >= 4 is 0 Å². The molecule has 1 saturated carbocycles. The van der Waals surface area contributed by atoms with Crippen molar-refractivity contribution < 1.29 is 9.84 Å². The van der Waals surface area contributed by atoms with E-state index in [2.05, 4.69) is 12.2 Å². The van der Waals surface area contributed by atoms with Crippen LogP contribution in [0.25, 0.3) is 0 Å². The quantitative estimate of drug-likeness (QED) is 0.657. The van der Waals surface area contributed by atoms with E-state index in [0.29, 0.717) is 17.9 Å². The molecule has 1 N–H and O–H groups in total. The van der Waals surface area contributed by atoms with Gasteiger partial charge in [0.05, 0.1) is 6.10 Å². The number of rotatable bonds is 2. The number of hydrogen-bond donors (Lipinski definition) is 1. The van der Waals surface area contributed by atoms with E-state index < -0.39 is 0 Å². The molecule has 2 aliphatic carbocycles. The maximum absolute atomic E-state index is 9.30. The van der Waals surface area contributed by atoms with Crippen LogP contribution in [0.5, 0.6) is 0 Å². The molecule has 2 nitrogen and oxygen atoms in total. The minimum Gasteiger partial charge on any atom is -0.396 e. The van der Waals surface area contributed by atoms with Gasteiger partial charge in [0.1, 0.15) is 0 Å². The normalized spacial score (nSPS) is 43.5. The predicted octanol–water partition coefficient (Wildman–Crippen LogP) is 1.60. The summed E-state index contributed by atoms with van der Waals surface area (Å²) >= 11 is 0. The van der Waals surface area contributed by atoms with Crippen molar-refractivity contribution in [3.8, 4) is 0 Å². The van der Waals surface area contributed by atoms with Crippen LogP contribution in [-0.2, 0) is 4.74 Å². The molecule has 1 fully saturated rings. The van der Waals surface area contributed by atoms with Gasteiger partial charge in [0.25, 0.3) is 0 Å². The van der Waals surface area contributed by atoms with Crippen LogP contribution in [0.3, 0.4) is 0 Å². The number of methoxy groups -OCH3 is 1. The topological polar surface area (TPSA) is 29.5 Å². The van der Waals surface area contributed by atoms with Crippen molar-refractivity contribution in [2.24, 2.45) is 17.8 Å². The zero-order valence-electron chi connectivity index (χ0n) is 8.15. The minimum atomic E-state index is 0.285. The first-order valence-electron chi connectivity index (χ1n) is 5.15. The van der Waals surface area contributed by atoms with Gasteiger partial charge in [-0.25, -0.2) is 0 Å². The second-order valence-electron chi connectivity index (χ2n) is 4.22. The molecule has 13 heavy (non-hydrogen) atoms. The van der Waals surface area contributed by atoms with Crippen molar-refractivity contribution in [1.29, 1.82) is 0 Å². The highest BCUT2D eigenvalue weighted by Gasteiger charge is 2.42. The second-order valence-corrected chi connectivity index (χ2v) is 4.22. The fraction of sp³-hybridized carbons (Fsp3) is 0.818. The summed E-state index contributed by atoms with van der Waals surface area (Å²) in [6.07, 6.45) is 8.27. The zero-order chi connectivity index (χ0) is 9.26. The Morgan fingerprint density at radius 2 is 2.15 bits per heavy atom. The van der Waals surface area contributed by atoms with Crippen molar-refractivity contribution in [1.82, 2.24) is 0 Å². The van der Waals surface area contributed by atoms with Crippen LogP contribution in [0.4, 0.5) is 0 Å². The molecule has 0 aromatic carbocycles. The van der Waals surface area contributed by atoms with Crippen molar-refractivity contribution in [3.05, 3.63) is 12.2 Å². The van der Waals surface area contributed by atoms with E-state index in [-0.39, 0.29) is 6.61 Å². The number of hydrogen-bond acceptors (Lipinski definition) is 2. The maximum Gasteiger partial charge on any atom is 0.0627 e. The Labute approximate surface area is 79.6 Å². The van der Waals surface area contributed by atoms with Gasteiger partial charge in [0.2, 0.25) is 0 Å². The average Bonchev–Trinajstić information content (AvgIpc) is 2.55. The third-order valence-electron chi connectivity index (χ3n) is 3.70. The van der Waals surface area contributed by atoms with Gasteiger partial charge in [-0.05, 0) is 31.1 Å². The van der Waals surface area contributed by atoms with Gasteiger partial charge in [0.15, 0.2) is 0 Å². The number of aliphatic hydroxyl groups excluding tert-OH is 1. The Kier molecular flexibility index (Phi) is 2.70. The molecular formula is C11H18O2. The van der Waals surface area contributed by atoms with Gasteiger partial charge < -0.3 is 9.84 Å². The van der Waals surface area contributed by atoms with Gasteiger partial charge in [0, 0.05) is 19.6 Å². The average molecular weight is 182 g/mol. The molecular weight excluding hydrogens is 164 g/mol. The molecule has 0 aliphatic heterocycles. The molecule has 4 atom stereocenters. The highest BCUT2D eigenvalue weighted by Crippen LogP contribution is 2.44. The molecule has 0 aromatic heterocycles. The number of aliphatic hydroxyl groups is 1. The van der Waals surface area contributed by atoms with Gasteiger partial charge in [-0.15, -0.1) is 0 Å². The summed E-state index contributed by atoms with van der Waals surface area (Å²) in [6.45, 7) is 0.285. The summed E-state index contributed by atoms with van der Waals surface area (Å²) in [7, 11) is 1.76. The van der Waals surface area contributed by atoms with E-state index in [9.17, 15) is 5.11 Å². The molecule has 0 spiro atoms. The summed E-state index contributed by atoms with van der Waals surface area (Å²) in [5, 5.41) is 9.30. The third-order valence-corrected chi connectivity index (χ3v) is 3.70. The SMILES string of the molecule is CO[C@@H]1C[C@@H]2CC=CC[C@H]2[C@@H]1CO. The Morgan fingerprint density at radius 1 is 1.38 bits per heavy atom. The summed E-state index contributed by atoms with van der Waals surface area (Å²) in [6, 6.07) is 0. The first-order valence-corrected chi connectivity index (χ1v) is 5.15. The lowest BCUT2D eigenvalue weighted by Gasteiger charge is -2.25. The lowest BCUT2D eigenvalue weighted by molar-refractivity contribution is 0.0331. The van der Waals surface area contributed by atoms with Crippen LogP contribution in [0.2, 0.25) is 0 Å². The van der Waals surface area contributed by atoms with Crippen LogP contribution in [0, 0.1) is 17.8 Å². The van der Waals surface area contributed by atoms with E-state index in [1.54, 1.807) is 7.11 Å². The van der Waals surface area contributed by atoms with E-state index in [0.717, 1.165) is 18.8 Å². The van der Waals surface area contributed by atoms with E-state index in [4.69, 9.17) is 4.74 Å². The van der Waals surface area contributed by atoms with Crippen molar-refractivity contribution in [2.75, 3.05) is 13.7 Å². The van der Waals surface area contributed by atoms with Gasteiger partial charge in [-0.1, -0.05) is 12.2 Å². The second kappa shape index (κ2) is 3.81. The van der Waals surface area contributed by atoms with Gasteiger partial charge in [-0.3, -0.25) is 0 Å². The Morgan fingerprint density at radius 3 is 2.85 bits per heavy atom. The Hall–Kier alpha value is -0.340. The summed E-state index contributed by atoms with van der Waals surface area (Å²) < 4.78 is 5.42. The lowest BCUT2D eigenvalue weighted by atomic mass is 9.82. The first-order chi connectivity index (χ1) is 6.36. The Balaban J connectivity index is 2.09. The first kappa shape index (κ1) is 9.22. The maximum atomic E-state index is 9.30. The number of ether oxygens (including phenoxy) is 1. The number of fused-ring (bicyclic) bond motifs is 1. The lowest BCUT2D eigenvalue weighted by Crippen LogP contribution is -2.25. The third kappa shape index (κ3) is 1.53. The molecule has 0 bridgehead atoms. The zero-order valence-corrected chi connectivity index (χ0v) is 8.15. The minimum absolute atomic E-state index is 0.285. The molecule has 0 radical (unpaired) electrons. The molecule has 2 heteroatoms. The van der Waals surface area contributed by atoms with E-state index >= 15 is 0 Å². The highest BCUT2D eigenvalue weighted by molar-refractivity contribution is 5.02. The smallest absolute Gasteiger partial charge is 0.0627 e. The van der Waals surface area contributed by atoms with Crippen LogP contribution in [0.1, 0.15) is 19.3 Å². The van der Waals surface area contributed by atoms with E-state index in [1.807, 2.05) is 0 Å². The summed E-state index contributed by atoms with van der Waals surface area (Å²) in [5.41, 5.74) is 0. The highest BCUT2D eigenvalue weighted by atomic mass is 16.5. The monoisotopic (exact) mass is 182 g/mol. The summed E-state index contributed by atoms with van der Waals surface area (Å²) in [5.74, 6) is 1.80. The fourth-order valence-electron chi connectivity index (χ4n) is 2.96. The predicted molar refractivity (Wildman–Crippen MR) is 51.3 cm³/mol. The molecule has 0 heterocycles. The van der Waals surface area contributed by atoms with Crippen LogP contribution in [0.15, 0.2) is 12.2 Å². The molecule has 0 saturated heterocycles. The molecule has 0 aromatic rings. The molecule has 0 unspecified atom stereocenters. The van der Waals surface area contributed by atoms with E-state index in [1.165, 1.54) is 6.42 Å². The van der Waals surface area contributed by atoms with Crippen LogP contribution >= 0.6 is 0 Å². The molecule has 74 valence electrons.